The smallest absolute Gasteiger partial charge is 0.307 e. The van der Waals surface area contributed by atoms with Gasteiger partial charge in [-0.25, -0.2) is 0 Å². The summed E-state index contributed by atoms with van der Waals surface area (Å²) in [5, 5.41) is 12.4. The molecule has 2 aliphatic rings. The first-order valence-corrected chi connectivity index (χ1v) is 6.61. The van der Waals surface area contributed by atoms with Crippen molar-refractivity contribution in [1.29, 1.82) is 0 Å². The van der Waals surface area contributed by atoms with Gasteiger partial charge in [-0.15, -0.1) is 0 Å². The number of aliphatic carboxylic acids is 1. The molecule has 1 fully saturated rings. The van der Waals surface area contributed by atoms with Gasteiger partial charge in [0, 0.05) is 19.6 Å². The molecule has 0 bridgehead atoms. The molecule has 0 unspecified atom stereocenters. The molecule has 0 aromatic heterocycles. The fourth-order valence-corrected chi connectivity index (χ4v) is 3.02. The van der Waals surface area contributed by atoms with E-state index < -0.39 is 5.97 Å². The van der Waals surface area contributed by atoms with E-state index >= 15 is 0 Å². The van der Waals surface area contributed by atoms with Crippen LogP contribution in [0.15, 0.2) is 12.1 Å². The lowest BCUT2D eigenvalue weighted by Crippen LogP contribution is -2.19. The lowest BCUT2D eigenvalue weighted by Gasteiger charge is -2.22. The van der Waals surface area contributed by atoms with E-state index in [1.54, 1.807) is 0 Å². The highest BCUT2D eigenvalue weighted by Crippen LogP contribution is 2.37. The fourth-order valence-electron chi connectivity index (χ4n) is 3.02. The molecule has 1 saturated heterocycles. The van der Waals surface area contributed by atoms with Gasteiger partial charge < -0.3 is 15.3 Å². The molecule has 2 aliphatic heterocycles. The molecule has 18 heavy (non-hydrogen) atoms. The van der Waals surface area contributed by atoms with Crippen LogP contribution in [0.4, 0.5) is 11.4 Å². The third kappa shape index (κ3) is 1.92. The van der Waals surface area contributed by atoms with E-state index in [9.17, 15) is 4.79 Å². The van der Waals surface area contributed by atoms with Crippen LogP contribution < -0.4 is 10.2 Å². The summed E-state index contributed by atoms with van der Waals surface area (Å²) in [4.78, 5) is 13.3. The molecule has 0 radical (unpaired) electrons. The Balaban J connectivity index is 1.98. The molecule has 1 aromatic carbocycles. The lowest BCUT2D eigenvalue weighted by molar-refractivity contribution is -0.136. The number of carboxylic acid groups (broad SMARTS) is 1. The average Bonchev–Trinajstić information content (AvgIpc) is 2.99. The maximum Gasteiger partial charge on any atom is 0.307 e. The molecule has 2 heterocycles. The first-order valence-electron chi connectivity index (χ1n) is 6.61. The highest BCUT2D eigenvalue weighted by atomic mass is 16.4. The van der Waals surface area contributed by atoms with Crippen molar-refractivity contribution in [1.82, 2.24) is 0 Å². The van der Waals surface area contributed by atoms with Crippen molar-refractivity contribution in [2.75, 3.05) is 29.9 Å². The average molecular weight is 246 g/mol. The number of hydrogen-bond donors (Lipinski definition) is 2. The predicted molar refractivity (Wildman–Crippen MR) is 71.4 cm³/mol. The van der Waals surface area contributed by atoms with E-state index in [1.165, 1.54) is 29.8 Å². The van der Waals surface area contributed by atoms with Crippen LogP contribution in [0, 0.1) is 0 Å². The topological polar surface area (TPSA) is 52.6 Å². The van der Waals surface area contributed by atoms with Crippen LogP contribution in [0.1, 0.15) is 24.0 Å². The van der Waals surface area contributed by atoms with Gasteiger partial charge in [-0.2, -0.15) is 0 Å². The highest BCUT2D eigenvalue weighted by Gasteiger charge is 2.23. The van der Waals surface area contributed by atoms with Crippen molar-refractivity contribution in [2.24, 2.45) is 0 Å². The molecule has 2 N–H and O–H groups in total. The van der Waals surface area contributed by atoms with Crippen LogP contribution in [0.2, 0.25) is 0 Å². The second-order valence-corrected chi connectivity index (χ2v) is 5.04. The Kier molecular flexibility index (Phi) is 2.86. The number of fused-ring (bicyclic) bond motifs is 1. The molecule has 0 amide bonds. The van der Waals surface area contributed by atoms with Gasteiger partial charge in [-0.05, 0) is 36.5 Å². The van der Waals surface area contributed by atoms with Gasteiger partial charge in [0.1, 0.15) is 0 Å². The molecular weight excluding hydrogens is 228 g/mol. The zero-order valence-corrected chi connectivity index (χ0v) is 10.4. The number of nitrogens with one attached hydrogen (secondary N) is 1. The van der Waals surface area contributed by atoms with Gasteiger partial charge in [0.2, 0.25) is 0 Å². The number of carboxylic acids is 1. The van der Waals surface area contributed by atoms with E-state index in [4.69, 9.17) is 5.11 Å². The number of anilines is 2. The van der Waals surface area contributed by atoms with Crippen LogP contribution >= 0.6 is 0 Å². The Morgan fingerprint density at radius 3 is 2.83 bits per heavy atom. The van der Waals surface area contributed by atoms with E-state index in [0.717, 1.165) is 31.6 Å². The molecule has 4 heteroatoms. The van der Waals surface area contributed by atoms with Crippen LogP contribution in [0.3, 0.4) is 0 Å². The van der Waals surface area contributed by atoms with Crippen molar-refractivity contribution >= 4 is 17.3 Å². The minimum absolute atomic E-state index is 0.129. The van der Waals surface area contributed by atoms with E-state index in [0.29, 0.717) is 0 Å². The standard InChI is InChI=1S/C14H18N2O2/c17-13(18)9-10-3-4-12(16-7-1-2-8-16)14-11(10)5-6-15-14/h3-4,15H,1-2,5-9H2,(H,17,18). The highest BCUT2D eigenvalue weighted by molar-refractivity contribution is 5.80. The first kappa shape index (κ1) is 11.4. The Morgan fingerprint density at radius 1 is 1.33 bits per heavy atom. The predicted octanol–water partition coefficient (Wildman–Crippen LogP) is 1.88. The minimum Gasteiger partial charge on any atom is -0.481 e. The number of hydrogen-bond acceptors (Lipinski definition) is 3. The third-order valence-electron chi connectivity index (χ3n) is 3.85. The molecule has 1 aromatic rings. The summed E-state index contributed by atoms with van der Waals surface area (Å²) in [5.74, 6) is -0.752. The van der Waals surface area contributed by atoms with Gasteiger partial charge in [0.25, 0.3) is 0 Å². The van der Waals surface area contributed by atoms with Crippen LogP contribution in [-0.4, -0.2) is 30.7 Å². The van der Waals surface area contributed by atoms with Crippen molar-refractivity contribution in [3.05, 3.63) is 23.3 Å². The molecule has 0 atom stereocenters. The Hall–Kier alpha value is -1.71. The number of benzene rings is 1. The van der Waals surface area contributed by atoms with E-state index in [1.807, 2.05) is 6.07 Å². The maximum atomic E-state index is 10.9. The summed E-state index contributed by atoms with van der Waals surface area (Å²) < 4.78 is 0. The molecular formula is C14H18N2O2. The summed E-state index contributed by atoms with van der Waals surface area (Å²) in [6.07, 6.45) is 3.58. The van der Waals surface area contributed by atoms with Crippen LogP contribution in [0.25, 0.3) is 0 Å². The van der Waals surface area contributed by atoms with Crippen molar-refractivity contribution in [3.63, 3.8) is 0 Å². The number of carbonyl (C=O) groups is 1. The van der Waals surface area contributed by atoms with E-state index in [2.05, 4.69) is 16.3 Å². The van der Waals surface area contributed by atoms with Crippen molar-refractivity contribution in [2.45, 2.75) is 25.7 Å². The van der Waals surface area contributed by atoms with Gasteiger partial charge in [0.15, 0.2) is 0 Å². The zero-order chi connectivity index (χ0) is 12.5. The molecule has 0 aliphatic carbocycles. The molecule has 96 valence electrons. The third-order valence-corrected chi connectivity index (χ3v) is 3.85. The number of rotatable bonds is 3. The second-order valence-electron chi connectivity index (χ2n) is 5.04. The van der Waals surface area contributed by atoms with Gasteiger partial charge in [-0.3, -0.25) is 4.79 Å². The molecule has 0 spiro atoms. The molecule has 4 nitrogen and oxygen atoms in total. The van der Waals surface area contributed by atoms with Crippen LogP contribution in [0.5, 0.6) is 0 Å². The minimum atomic E-state index is -0.752. The Labute approximate surface area is 107 Å². The van der Waals surface area contributed by atoms with Crippen LogP contribution in [-0.2, 0) is 17.6 Å². The Morgan fingerprint density at radius 2 is 2.11 bits per heavy atom. The van der Waals surface area contributed by atoms with Crippen molar-refractivity contribution < 1.29 is 9.90 Å². The SMILES string of the molecule is O=C(O)Cc1ccc(N2CCCC2)c2c1CCN2. The van der Waals surface area contributed by atoms with Gasteiger partial charge >= 0.3 is 5.97 Å². The van der Waals surface area contributed by atoms with Crippen molar-refractivity contribution in [3.8, 4) is 0 Å². The first-order chi connectivity index (χ1) is 8.75. The maximum absolute atomic E-state index is 10.9. The summed E-state index contributed by atoms with van der Waals surface area (Å²) in [6.45, 7) is 3.16. The van der Waals surface area contributed by atoms with Gasteiger partial charge in [0.05, 0.1) is 17.8 Å². The fraction of sp³-hybridized carbons (Fsp3) is 0.500. The number of nitrogens with zero attached hydrogens (tertiary/aromatic N) is 1. The summed E-state index contributed by atoms with van der Waals surface area (Å²) in [6, 6.07) is 4.08. The van der Waals surface area contributed by atoms with Gasteiger partial charge in [-0.1, -0.05) is 6.07 Å². The summed E-state index contributed by atoms with van der Waals surface area (Å²) in [7, 11) is 0. The van der Waals surface area contributed by atoms with E-state index in [-0.39, 0.29) is 6.42 Å². The largest absolute Gasteiger partial charge is 0.481 e. The molecule has 0 saturated carbocycles. The second kappa shape index (κ2) is 4.52. The summed E-state index contributed by atoms with van der Waals surface area (Å²) in [5.41, 5.74) is 4.61. The quantitative estimate of drug-likeness (QED) is 0.855. The monoisotopic (exact) mass is 246 g/mol. The molecule has 3 rings (SSSR count). The lowest BCUT2D eigenvalue weighted by atomic mass is 10.0. The Bertz CT molecular complexity index is 479. The summed E-state index contributed by atoms with van der Waals surface area (Å²) >= 11 is 0. The normalized spacial score (nSPS) is 17.7. The zero-order valence-electron chi connectivity index (χ0n) is 10.4.